The van der Waals surface area contributed by atoms with E-state index in [1.165, 1.54) is 64.7 Å². The Labute approximate surface area is 117 Å². The Bertz CT molecular complexity index is 335. The van der Waals surface area contributed by atoms with Crippen LogP contribution in [0.25, 0.3) is 0 Å². The lowest BCUT2D eigenvalue weighted by Crippen LogP contribution is -2.64. The van der Waals surface area contributed by atoms with Gasteiger partial charge in [-0.3, -0.25) is 9.80 Å². The van der Waals surface area contributed by atoms with E-state index in [0.29, 0.717) is 6.10 Å². The molecule has 3 nitrogen and oxygen atoms in total. The highest BCUT2D eigenvalue weighted by atomic mass is 16.5. The van der Waals surface area contributed by atoms with E-state index in [1.54, 1.807) is 0 Å². The van der Waals surface area contributed by atoms with Crippen LogP contribution in [-0.2, 0) is 4.74 Å². The molecule has 0 aromatic rings. The highest BCUT2D eigenvalue weighted by Gasteiger charge is 2.47. The Morgan fingerprint density at radius 3 is 2.47 bits per heavy atom. The van der Waals surface area contributed by atoms with Crippen molar-refractivity contribution in [3.8, 4) is 0 Å². The number of rotatable bonds is 1. The second-order valence-electron chi connectivity index (χ2n) is 7.26. The Hall–Kier alpha value is -0.120. The van der Waals surface area contributed by atoms with Crippen molar-refractivity contribution in [2.45, 2.75) is 56.7 Å². The molecular formula is C16H28N2O. The highest BCUT2D eigenvalue weighted by Crippen LogP contribution is 2.42. The van der Waals surface area contributed by atoms with Gasteiger partial charge in [0.2, 0.25) is 0 Å². The molecule has 4 fully saturated rings. The molecule has 19 heavy (non-hydrogen) atoms. The summed E-state index contributed by atoms with van der Waals surface area (Å²) in [4.78, 5) is 5.66. The van der Waals surface area contributed by atoms with Gasteiger partial charge in [0.1, 0.15) is 0 Å². The van der Waals surface area contributed by atoms with Crippen LogP contribution in [0.15, 0.2) is 0 Å². The first-order chi connectivity index (χ1) is 9.35. The molecule has 4 rings (SSSR count). The Morgan fingerprint density at radius 2 is 1.63 bits per heavy atom. The minimum Gasteiger partial charge on any atom is -0.381 e. The van der Waals surface area contributed by atoms with Crippen LogP contribution in [0.5, 0.6) is 0 Å². The molecule has 0 saturated carbocycles. The largest absolute Gasteiger partial charge is 0.381 e. The normalized spacial score (nSPS) is 47.5. The minimum atomic E-state index is 0.525. The molecule has 5 atom stereocenters. The maximum Gasteiger partial charge on any atom is 0.0598 e. The first-order valence-corrected chi connectivity index (χ1v) is 8.36. The zero-order valence-electron chi connectivity index (χ0n) is 12.3. The van der Waals surface area contributed by atoms with E-state index < -0.39 is 0 Å². The van der Waals surface area contributed by atoms with E-state index in [-0.39, 0.29) is 0 Å². The van der Waals surface area contributed by atoms with Crippen LogP contribution in [0.4, 0.5) is 0 Å². The van der Waals surface area contributed by atoms with Crippen LogP contribution in [0.2, 0.25) is 0 Å². The lowest BCUT2D eigenvalue weighted by molar-refractivity contribution is -0.0954. The van der Waals surface area contributed by atoms with Gasteiger partial charge in [-0.1, -0.05) is 6.42 Å². The van der Waals surface area contributed by atoms with Gasteiger partial charge in [0.25, 0.3) is 0 Å². The first-order valence-electron chi connectivity index (χ1n) is 8.36. The van der Waals surface area contributed by atoms with Gasteiger partial charge < -0.3 is 4.74 Å². The molecule has 0 aromatic heterocycles. The van der Waals surface area contributed by atoms with Gasteiger partial charge in [0, 0.05) is 38.8 Å². The fourth-order valence-corrected chi connectivity index (χ4v) is 5.42. The molecule has 0 amide bonds. The molecule has 4 saturated heterocycles. The van der Waals surface area contributed by atoms with Crippen molar-refractivity contribution in [3.63, 3.8) is 0 Å². The fourth-order valence-electron chi connectivity index (χ4n) is 5.42. The number of hydrogen-bond donors (Lipinski definition) is 0. The summed E-state index contributed by atoms with van der Waals surface area (Å²) in [5, 5.41) is 0. The molecule has 0 aromatic carbocycles. The molecule has 0 N–H and O–H groups in total. The van der Waals surface area contributed by atoms with Crippen molar-refractivity contribution in [3.05, 3.63) is 0 Å². The van der Waals surface area contributed by atoms with Crippen LogP contribution in [-0.4, -0.2) is 61.3 Å². The smallest absolute Gasteiger partial charge is 0.0598 e. The van der Waals surface area contributed by atoms with Crippen molar-refractivity contribution < 1.29 is 4.74 Å². The molecule has 0 aliphatic carbocycles. The third kappa shape index (κ3) is 2.14. The number of fused-ring (bicyclic) bond motifs is 6. The number of piperidine rings is 4. The summed E-state index contributed by atoms with van der Waals surface area (Å²) < 4.78 is 5.64. The monoisotopic (exact) mass is 264 g/mol. The average Bonchev–Trinajstić information content (AvgIpc) is 2.47. The summed E-state index contributed by atoms with van der Waals surface area (Å²) in [6, 6.07) is 1.74. The Kier molecular flexibility index (Phi) is 3.33. The number of hydrogen-bond acceptors (Lipinski definition) is 3. The maximum atomic E-state index is 5.64. The van der Waals surface area contributed by atoms with Crippen LogP contribution in [0.3, 0.4) is 0 Å². The second-order valence-corrected chi connectivity index (χ2v) is 7.26. The average molecular weight is 264 g/mol. The molecule has 2 bridgehead atoms. The van der Waals surface area contributed by atoms with Crippen LogP contribution >= 0.6 is 0 Å². The zero-order valence-corrected chi connectivity index (χ0v) is 12.3. The lowest BCUT2D eigenvalue weighted by Gasteiger charge is -2.57. The van der Waals surface area contributed by atoms with Gasteiger partial charge in [-0.2, -0.15) is 0 Å². The molecule has 4 aliphatic heterocycles. The van der Waals surface area contributed by atoms with Crippen LogP contribution < -0.4 is 0 Å². The molecule has 5 unspecified atom stereocenters. The standard InChI is InChI=1S/C16H28N2O/c1-19-14-5-7-18-10-12-8-13(16(18)9-14)11-17-6-3-2-4-15(12)17/h12-16H,2-11H2,1H3. The third-order valence-corrected chi connectivity index (χ3v) is 6.34. The van der Waals surface area contributed by atoms with Gasteiger partial charge >= 0.3 is 0 Å². The van der Waals surface area contributed by atoms with Crippen LogP contribution in [0.1, 0.15) is 38.5 Å². The fraction of sp³-hybridized carbons (Fsp3) is 1.00. The number of methoxy groups -OCH3 is 1. The van der Waals surface area contributed by atoms with E-state index in [4.69, 9.17) is 4.74 Å². The molecule has 3 heteroatoms. The summed E-state index contributed by atoms with van der Waals surface area (Å²) in [6.07, 6.45) is 8.93. The van der Waals surface area contributed by atoms with Gasteiger partial charge in [0.05, 0.1) is 6.10 Å². The summed E-state index contributed by atoms with van der Waals surface area (Å²) in [5.74, 6) is 1.89. The highest BCUT2D eigenvalue weighted by molar-refractivity contribution is 5.01. The summed E-state index contributed by atoms with van der Waals surface area (Å²) in [7, 11) is 1.90. The van der Waals surface area contributed by atoms with Gasteiger partial charge in [0.15, 0.2) is 0 Å². The van der Waals surface area contributed by atoms with Gasteiger partial charge in [-0.05, 0) is 50.5 Å². The molecule has 4 aliphatic rings. The molecule has 0 radical (unpaired) electrons. The number of ether oxygens (including phenoxy) is 1. The third-order valence-electron chi connectivity index (χ3n) is 6.34. The molecule has 0 spiro atoms. The summed E-state index contributed by atoms with van der Waals surface area (Å²) in [6.45, 7) is 5.40. The molecular weight excluding hydrogens is 236 g/mol. The first kappa shape index (κ1) is 12.6. The SMILES string of the molecule is COC1CCN2CC3CC(CN4CCCCC34)C2C1. The van der Waals surface area contributed by atoms with Crippen molar-refractivity contribution >= 4 is 0 Å². The maximum absolute atomic E-state index is 5.64. The van der Waals surface area contributed by atoms with Crippen molar-refractivity contribution in [1.82, 2.24) is 9.80 Å². The molecule has 108 valence electrons. The summed E-state index contributed by atoms with van der Waals surface area (Å²) >= 11 is 0. The lowest BCUT2D eigenvalue weighted by atomic mass is 9.70. The van der Waals surface area contributed by atoms with Crippen LogP contribution in [0, 0.1) is 11.8 Å². The predicted octanol–water partition coefficient (Wildman–Crippen LogP) is 1.97. The topological polar surface area (TPSA) is 15.7 Å². The summed E-state index contributed by atoms with van der Waals surface area (Å²) in [5.41, 5.74) is 0. The van der Waals surface area contributed by atoms with Gasteiger partial charge in [-0.15, -0.1) is 0 Å². The van der Waals surface area contributed by atoms with E-state index in [2.05, 4.69) is 9.80 Å². The predicted molar refractivity (Wildman–Crippen MR) is 76.2 cm³/mol. The molecule has 4 heterocycles. The van der Waals surface area contributed by atoms with Crippen molar-refractivity contribution in [2.24, 2.45) is 11.8 Å². The number of nitrogens with zero attached hydrogens (tertiary/aromatic N) is 2. The zero-order chi connectivity index (χ0) is 12.8. The quantitative estimate of drug-likeness (QED) is 0.720. The Morgan fingerprint density at radius 1 is 0.842 bits per heavy atom. The van der Waals surface area contributed by atoms with E-state index >= 15 is 0 Å². The second kappa shape index (κ2) is 5.01. The van der Waals surface area contributed by atoms with Crippen molar-refractivity contribution in [1.29, 1.82) is 0 Å². The van der Waals surface area contributed by atoms with Crippen molar-refractivity contribution in [2.75, 3.05) is 33.3 Å². The van der Waals surface area contributed by atoms with E-state index in [0.717, 1.165) is 23.9 Å². The van der Waals surface area contributed by atoms with Gasteiger partial charge in [-0.25, -0.2) is 0 Å². The minimum absolute atomic E-state index is 0.525. The van der Waals surface area contributed by atoms with E-state index in [1.807, 2.05) is 7.11 Å². The Balaban J connectivity index is 1.52. The van der Waals surface area contributed by atoms with E-state index in [9.17, 15) is 0 Å².